The molecule has 1 atom stereocenters. The van der Waals surface area contributed by atoms with Crippen LogP contribution in [0.5, 0.6) is 0 Å². The third-order valence-electron chi connectivity index (χ3n) is 5.74. The number of nitrogens with zero attached hydrogens (tertiary/aromatic N) is 6. The first-order chi connectivity index (χ1) is 15.2. The van der Waals surface area contributed by atoms with Crippen LogP contribution >= 0.6 is 0 Å². The zero-order valence-electron chi connectivity index (χ0n) is 17.3. The Bertz CT molecular complexity index is 1160. The van der Waals surface area contributed by atoms with Gasteiger partial charge in [0.1, 0.15) is 12.1 Å². The number of aromatic nitrogens is 5. The van der Waals surface area contributed by atoms with Crippen LogP contribution in [0, 0.1) is 12.7 Å². The summed E-state index contributed by atoms with van der Waals surface area (Å²) >= 11 is 0. The summed E-state index contributed by atoms with van der Waals surface area (Å²) in [4.78, 5) is 20.2. The summed E-state index contributed by atoms with van der Waals surface area (Å²) < 4.78 is 15.7. The maximum atomic E-state index is 13.5. The first-order valence-electron chi connectivity index (χ1n) is 10.4. The Morgan fingerprint density at radius 3 is 2.65 bits per heavy atom. The highest BCUT2D eigenvalue weighted by Crippen LogP contribution is 2.35. The van der Waals surface area contributed by atoms with Crippen molar-refractivity contribution in [2.24, 2.45) is 0 Å². The van der Waals surface area contributed by atoms with Gasteiger partial charge in [0.25, 0.3) is 0 Å². The number of pyridine rings is 1. The third kappa shape index (κ3) is 4.09. The molecule has 0 aliphatic carbocycles. The second-order valence-corrected chi connectivity index (χ2v) is 7.96. The van der Waals surface area contributed by atoms with Crippen LogP contribution in [0.4, 0.5) is 4.39 Å². The van der Waals surface area contributed by atoms with Crippen molar-refractivity contribution in [1.29, 1.82) is 0 Å². The van der Waals surface area contributed by atoms with E-state index in [-0.39, 0.29) is 11.9 Å². The number of hydrogen-bond donors (Lipinski definition) is 0. The molecule has 1 unspecified atom stereocenters. The largest absolute Gasteiger partial charge is 0.324 e. The van der Waals surface area contributed by atoms with Gasteiger partial charge >= 0.3 is 0 Å². The standard InChI is InChI=1S/C24H23FN6/c1-17-2-7-20(27-12-17)13-30-11-9-21(14-30)31-16-29-23(18-3-5-19(25)6-4-18)24(31)22-8-10-26-15-28-22/h2-8,10,12,15-16,21H,9,11,13-14H2,1H3. The fourth-order valence-corrected chi connectivity index (χ4v) is 4.15. The Labute approximate surface area is 180 Å². The molecular formula is C24H23FN6. The van der Waals surface area contributed by atoms with Crippen molar-refractivity contribution in [1.82, 2.24) is 29.4 Å². The molecule has 0 saturated carbocycles. The van der Waals surface area contributed by atoms with Gasteiger partial charge in [-0.1, -0.05) is 6.07 Å². The summed E-state index contributed by atoms with van der Waals surface area (Å²) in [6, 6.07) is 12.8. The highest BCUT2D eigenvalue weighted by molar-refractivity contribution is 5.76. The number of likely N-dealkylation sites (tertiary alicyclic amines) is 1. The molecule has 7 heteroatoms. The number of aryl methyl sites for hydroxylation is 1. The summed E-state index contributed by atoms with van der Waals surface area (Å²) in [6.07, 6.45) is 8.10. The lowest BCUT2D eigenvalue weighted by molar-refractivity contribution is 0.313. The number of rotatable bonds is 5. The quantitative estimate of drug-likeness (QED) is 0.487. The molecule has 4 heterocycles. The van der Waals surface area contributed by atoms with Gasteiger partial charge in [-0.25, -0.2) is 19.3 Å². The van der Waals surface area contributed by atoms with Gasteiger partial charge < -0.3 is 4.57 Å². The minimum absolute atomic E-state index is 0.261. The fraction of sp³-hybridized carbons (Fsp3) is 0.250. The molecule has 1 aromatic carbocycles. The van der Waals surface area contributed by atoms with Crippen LogP contribution in [0.3, 0.4) is 0 Å². The molecule has 1 fully saturated rings. The molecular weight excluding hydrogens is 391 g/mol. The Hall–Kier alpha value is -3.45. The normalized spacial score (nSPS) is 16.6. The van der Waals surface area contributed by atoms with E-state index < -0.39 is 0 Å². The summed E-state index contributed by atoms with van der Waals surface area (Å²) in [6.45, 7) is 4.79. The van der Waals surface area contributed by atoms with Crippen molar-refractivity contribution >= 4 is 0 Å². The first-order valence-corrected chi connectivity index (χ1v) is 10.4. The molecule has 3 aromatic heterocycles. The molecule has 0 amide bonds. The molecule has 156 valence electrons. The van der Waals surface area contributed by atoms with Gasteiger partial charge in [-0.05, 0) is 55.3 Å². The topological polar surface area (TPSA) is 59.7 Å². The lowest BCUT2D eigenvalue weighted by Gasteiger charge is -2.18. The van der Waals surface area contributed by atoms with E-state index >= 15 is 0 Å². The van der Waals surface area contributed by atoms with Crippen LogP contribution in [0.25, 0.3) is 22.6 Å². The fourth-order valence-electron chi connectivity index (χ4n) is 4.15. The molecule has 6 nitrogen and oxygen atoms in total. The van der Waals surface area contributed by atoms with Crippen molar-refractivity contribution < 1.29 is 4.39 Å². The molecule has 1 aliphatic heterocycles. The maximum absolute atomic E-state index is 13.5. The average Bonchev–Trinajstić information content (AvgIpc) is 3.44. The van der Waals surface area contributed by atoms with Gasteiger partial charge in [-0.3, -0.25) is 9.88 Å². The van der Waals surface area contributed by atoms with Crippen LogP contribution < -0.4 is 0 Å². The third-order valence-corrected chi connectivity index (χ3v) is 5.74. The van der Waals surface area contributed by atoms with Gasteiger partial charge in [0.15, 0.2) is 0 Å². The molecule has 0 bridgehead atoms. The van der Waals surface area contributed by atoms with Crippen molar-refractivity contribution in [2.45, 2.75) is 25.9 Å². The van der Waals surface area contributed by atoms with Crippen molar-refractivity contribution in [2.75, 3.05) is 13.1 Å². The van der Waals surface area contributed by atoms with Gasteiger partial charge in [0, 0.05) is 43.6 Å². The zero-order chi connectivity index (χ0) is 21.2. The first kappa shape index (κ1) is 19.5. The van der Waals surface area contributed by atoms with E-state index in [1.54, 1.807) is 24.7 Å². The Balaban J connectivity index is 1.45. The molecule has 5 rings (SSSR count). The zero-order valence-corrected chi connectivity index (χ0v) is 17.3. The number of benzene rings is 1. The molecule has 0 radical (unpaired) electrons. The average molecular weight is 414 g/mol. The SMILES string of the molecule is Cc1ccc(CN2CCC(n3cnc(-c4ccc(F)cc4)c3-c3ccncn3)C2)nc1. The summed E-state index contributed by atoms with van der Waals surface area (Å²) in [5, 5.41) is 0. The van der Waals surface area contributed by atoms with Crippen molar-refractivity contribution in [3.8, 4) is 22.6 Å². The van der Waals surface area contributed by atoms with E-state index in [0.717, 1.165) is 54.4 Å². The van der Waals surface area contributed by atoms with E-state index in [9.17, 15) is 4.39 Å². The maximum Gasteiger partial charge on any atom is 0.123 e. The van der Waals surface area contributed by atoms with E-state index in [1.165, 1.54) is 17.7 Å². The molecule has 0 N–H and O–H groups in total. The second-order valence-electron chi connectivity index (χ2n) is 7.96. The minimum atomic E-state index is -0.261. The molecule has 0 spiro atoms. The Kier molecular flexibility index (Phi) is 5.26. The van der Waals surface area contributed by atoms with Crippen molar-refractivity contribution in [3.63, 3.8) is 0 Å². The highest BCUT2D eigenvalue weighted by Gasteiger charge is 2.28. The summed E-state index contributed by atoms with van der Waals surface area (Å²) in [7, 11) is 0. The highest BCUT2D eigenvalue weighted by atomic mass is 19.1. The van der Waals surface area contributed by atoms with E-state index in [4.69, 9.17) is 4.98 Å². The monoisotopic (exact) mass is 414 g/mol. The molecule has 1 aliphatic rings. The van der Waals surface area contributed by atoms with Crippen LogP contribution in [-0.2, 0) is 6.54 Å². The van der Waals surface area contributed by atoms with Gasteiger partial charge in [-0.15, -0.1) is 0 Å². The lowest BCUT2D eigenvalue weighted by atomic mass is 10.1. The van der Waals surface area contributed by atoms with E-state index in [1.807, 2.05) is 18.6 Å². The Morgan fingerprint density at radius 1 is 1.03 bits per heavy atom. The predicted molar refractivity (Wildman–Crippen MR) is 117 cm³/mol. The van der Waals surface area contributed by atoms with Gasteiger partial charge in [-0.2, -0.15) is 0 Å². The molecule has 4 aromatic rings. The number of hydrogen-bond acceptors (Lipinski definition) is 5. The van der Waals surface area contributed by atoms with E-state index in [0.29, 0.717) is 0 Å². The van der Waals surface area contributed by atoms with Gasteiger partial charge in [0.2, 0.25) is 0 Å². The second kappa shape index (κ2) is 8.35. The molecule has 31 heavy (non-hydrogen) atoms. The number of imidazole rings is 1. The van der Waals surface area contributed by atoms with E-state index in [2.05, 4.69) is 43.5 Å². The predicted octanol–water partition coefficient (Wildman–Crippen LogP) is 4.30. The Morgan fingerprint density at radius 2 is 1.90 bits per heavy atom. The van der Waals surface area contributed by atoms with Crippen LogP contribution in [0.2, 0.25) is 0 Å². The van der Waals surface area contributed by atoms with Gasteiger partial charge in [0.05, 0.1) is 29.1 Å². The van der Waals surface area contributed by atoms with Crippen molar-refractivity contribution in [3.05, 3.63) is 84.6 Å². The van der Waals surface area contributed by atoms with Crippen LogP contribution in [0.15, 0.2) is 67.5 Å². The molecule has 1 saturated heterocycles. The summed E-state index contributed by atoms with van der Waals surface area (Å²) in [5.41, 5.74) is 5.67. The smallest absolute Gasteiger partial charge is 0.123 e. The lowest BCUT2D eigenvalue weighted by Crippen LogP contribution is -2.22. The van der Waals surface area contributed by atoms with Crippen LogP contribution in [0.1, 0.15) is 23.7 Å². The van der Waals surface area contributed by atoms with Crippen LogP contribution in [-0.4, -0.2) is 42.5 Å². The summed E-state index contributed by atoms with van der Waals surface area (Å²) in [5.74, 6) is -0.261. The minimum Gasteiger partial charge on any atom is -0.324 e. The number of halogens is 1.